The van der Waals surface area contributed by atoms with Gasteiger partial charge in [0.15, 0.2) is 16.6 Å². The number of rotatable bonds is 5. The third-order valence-corrected chi connectivity index (χ3v) is 6.61. The normalized spacial score (nSPS) is 18.2. The van der Waals surface area contributed by atoms with Crippen LogP contribution in [0.1, 0.15) is 37.1 Å². The number of carbonyl (C=O) groups is 1. The fraction of sp³-hybridized carbons (Fsp3) is 0.333. The van der Waals surface area contributed by atoms with Gasteiger partial charge in [-0.15, -0.1) is 11.3 Å². The van der Waals surface area contributed by atoms with Crippen LogP contribution in [0.4, 0.5) is 10.8 Å². The van der Waals surface area contributed by atoms with Crippen LogP contribution in [0.3, 0.4) is 0 Å². The highest BCUT2D eigenvalue weighted by atomic mass is 32.1. The Bertz CT molecular complexity index is 1070. The molecule has 3 aromatic rings. The highest BCUT2D eigenvalue weighted by molar-refractivity contribution is 7.14. The second-order valence-electron chi connectivity index (χ2n) is 7.84. The first kappa shape index (κ1) is 20.0. The first-order chi connectivity index (χ1) is 15.2. The highest BCUT2D eigenvalue weighted by Gasteiger charge is 2.28. The van der Waals surface area contributed by atoms with E-state index in [9.17, 15) is 4.79 Å². The van der Waals surface area contributed by atoms with E-state index < -0.39 is 0 Å². The van der Waals surface area contributed by atoms with Crippen LogP contribution in [0.2, 0.25) is 0 Å². The molecule has 0 N–H and O–H groups in total. The molecule has 1 atom stereocenters. The predicted octanol–water partition coefficient (Wildman–Crippen LogP) is 4.94. The second kappa shape index (κ2) is 8.69. The third kappa shape index (κ3) is 4.16. The van der Waals surface area contributed by atoms with E-state index in [1.54, 1.807) is 11.8 Å². The minimum atomic E-state index is -0.0394. The molecule has 2 aromatic carbocycles. The maximum absolute atomic E-state index is 12.3. The zero-order valence-electron chi connectivity index (χ0n) is 17.5. The highest BCUT2D eigenvalue weighted by Crippen LogP contribution is 2.39. The van der Waals surface area contributed by atoms with Crippen molar-refractivity contribution in [3.63, 3.8) is 0 Å². The first-order valence-corrected chi connectivity index (χ1v) is 11.5. The molecule has 2 aliphatic rings. The van der Waals surface area contributed by atoms with Crippen LogP contribution < -0.4 is 14.4 Å². The molecule has 6 nitrogen and oxygen atoms in total. The standard InChI is InChI=1S/C24H25N3O3S/c1-17(28)27(20-6-3-2-4-7-20)24-25-19(16-31-24)15-26-11-5-8-21(26)18-9-10-22-23(14-18)30-13-12-29-22/h2-4,6-7,9-10,14,16,21H,5,8,11-13,15H2,1H3/t21-/m0/s1. The Kier molecular flexibility index (Phi) is 5.61. The van der Waals surface area contributed by atoms with Crippen LogP contribution in [0.25, 0.3) is 0 Å². The lowest BCUT2D eigenvalue weighted by Gasteiger charge is -2.26. The summed E-state index contributed by atoms with van der Waals surface area (Å²) in [5, 5.41) is 2.77. The monoisotopic (exact) mass is 435 g/mol. The summed E-state index contributed by atoms with van der Waals surface area (Å²) in [5.74, 6) is 1.63. The molecule has 160 valence electrons. The van der Waals surface area contributed by atoms with Gasteiger partial charge in [-0.05, 0) is 49.2 Å². The van der Waals surface area contributed by atoms with Gasteiger partial charge in [0.25, 0.3) is 0 Å². The Labute approximate surface area is 186 Å². The van der Waals surface area contributed by atoms with Crippen molar-refractivity contribution in [1.82, 2.24) is 9.88 Å². The van der Waals surface area contributed by atoms with Crippen molar-refractivity contribution in [2.24, 2.45) is 0 Å². The quantitative estimate of drug-likeness (QED) is 0.568. The largest absolute Gasteiger partial charge is 0.486 e. The van der Waals surface area contributed by atoms with E-state index in [1.165, 1.54) is 16.9 Å². The van der Waals surface area contributed by atoms with Gasteiger partial charge in [-0.2, -0.15) is 0 Å². The van der Waals surface area contributed by atoms with Gasteiger partial charge in [0, 0.05) is 24.9 Å². The molecule has 0 aliphatic carbocycles. The van der Waals surface area contributed by atoms with Crippen LogP contribution in [-0.2, 0) is 11.3 Å². The molecular formula is C24H25N3O3S. The predicted molar refractivity (Wildman–Crippen MR) is 121 cm³/mol. The summed E-state index contributed by atoms with van der Waals surface area (Å²) in [7, 11) is 0. The van der Waals surface area contributed by atoms with Gasteiger partial charge in [0.05, 0.1) is 11.4 Å². The van der Waals surface area contributed by atoms with Gasteiger partial charge in [0.2, 0.25) is 5.91 Å². The van der Waals surface area contributed by atoms with Crippen molar-refractivity contribution in [3.8, 4) is 11.5 Å². The lowest BCUT2D eigenvalue weighted by atomic mass is 10.0. The summed E-state index contributed by atoms with van der Waals surface area (Å²) < 4.78 is 11.4. The van der Waals surface area contributed by atoms with Gasteiger partial charge >= 0.3 is 0 Å². The van der Waals surface area contributed by atoms with Gasteiger partial charge in [0.1, 0.15) is 13.2 Å². The van der Waals surface area contributed by atoms with Crippen molar-refractivity contribution in [2.45, 2.75) is 32.4 Å². The molecule has 3 heterocycles. The summed E-state index contributed by atoms with van der Waals surface area (Å²) in [6, 6.07) is 16.3. The Balaban J connectivity index is 1.34. The number of amides is 1. The van der Waals surface area contributed by atoms with Crippen molar-refractivity contribution < 1.29 is 14.3 Å². The maximum atomic E-state index is 12.3. The average Bonchev–Trinajstić information content (AvgIpc) is 3.44. The fourth-order valence-corrected chi connectivity index (χ4v) is 5.22. The number of ether oxygens (including phenoxy) is 2. The van der Waals surface area contributed by atoms with Crippen LogP contribution in [0.5, 0.6) is 11.5 Å². The summed E-state index contributed by atoms with van der Waals surface area (Å²) in [4.78, 5) is 21.3. The van der Waals surface area contributed by atoms with Gasteiger partial charge in [-0.1, -0.05) is 24.3 Å². The number of anilines is 2. The van der Waals surface area contributed by atoms with Crippen LogP contribution in [-0.4, -0.2) is 35.5 Å². The molecule has 1 aromatic heterocycles. The first-order valence-electron chi connectivity index (χ1n) is 10.6. The van der Waals surface area contributed by atoms with Gasteiger partial charge in [-0.25, -0.2) is 4.98 Å². The molecule has 7 heteroatoms. The van der Waals surface area contributed by atoms with Crippen LogP contribution >= 0.6 is 11.3 Å². The summed E-state index contributed by atoms with van der Waals surface area (Å²) in [6.45, 7) is 4.57. The molecule has 0 radical (unpaired) electrons. The molecule has 0 bridgehead atoms. The van der Waals surface area contributed by atoms with E-state index in [1.807, 2.05) is 36.4 Å². The van der Waals surface area contributed by atoms with Gasteiger partial charge < -0.3 is 9.47 Å². The molecule has 0 spiro atoms. The molecule has 0 unspecified atom stereocenters. The number of thiazole rings is 1. The van der Waals surface area contributed by atoms with Crippen molar-refractivity contribution in [2.75, 3.05) is 24.7 Å². The Morgan fingerprint density at radius 2 is 1.97 bits per heavy atom. The Morgan fingerprint density at radius 1 is 1.16 bits per heavy atom. The Morgan fingerprint density at radius 3 is 2.77 bits per heavy atom. The summed E-state index contributed by atoms with van der Waals surface area (Å²) >= 11 is 1.51. The number of hydrogen-bond acceptors (Lipinski definition) is 6. The SMILES string of the molecule is CC(=O)N(c1ccccc1)c1nc(CN2CCC[C@H]2c2ccc3c(c2)OCCO3)cs1. The zero-order valence-corrected chi connectivity index (χ0v) is 18.3. The maximum Gasteiger partial charge on any atom is 0.230 e. The van der Waals surface area contributed by atoms with Crippen LogP contribution in [0, 0.1) is 0 Å². The number of para-hydroxylation sites is 1. The zero-order chi connectivity index (χ0) is 21.2. The van der Waals surface area contributed by atoms with E-state index in [2.05, 4.69) is 22.4 Å². The number of aromatic nitrogens is 1. The topological polar surface area (TPSA) is 54.9 Å². The van der Waals surface area contributed by atoms with Crippen molar-refractivity contribution in [3.05, 3.63) is 65.2 Å². The van der Waals surface area contributed by atoms with E-state index in [4.69, 9.17) is 14.5 Å². The van der Waals surface area contributed by atoms with Crippen molar-refractivity contribution >= 4 is 28.1 Å². The van der Waals surface area contributed by atoms with E-state index in [0.29, 0.717) is 24.4 Å². The summed E-state index contributed by atoms with van der Waals surface area (Å²) in [6.07, 6.45) is 2.26. The van der Waals surface area contributed by atoms with Crippen molar-refractivity contribution in [1.29, 1.82) is 0 Å². The molecule has 2 aliphatic heterocycles. The minimum absolute atomic E-state index is 0.0394. The van der Waals surface area contributed by atoms with E-state index in [0.717, 1.165) is 48.8 Å². The lowest BCUT2D eigenvalue weighted by molar-refractivity contribution is -0.115. The van der Waals surface area contributed by atoms with E-state index in [-0.39, 0.29) is 5.91 Å². The third-order valence-electron chi connectivity index (χ3n) is 5.74. The number of carbonyl (C=O) groups excluding carboxylic acids is 1. The lowest BCUT2D eigenvalue weighted by Crippen LogP contribution is -2.24. The Hall–Kier alpha value is -2.90. The fourth-order valence-electron chi connectivity index (χ4n) is 4.34. The molecule has 1 fully saturated rings. The molecule has 1 saturated heterocycles. The smallest absolute Gasteiger partial charge is 0.230 e. The second-order valence-corrected chi connectivity index (χ2v) is 8.68. The number of benzene rings is 2. The molecule has 0 saturated carbocycles. The number of hydrogen-bond donors (Lipinski definition) is 0. The van der Waals surface area contributed by atoms with Crippen LogP contribution in [0.15, 0.2) is 53.9 Å². The minimum Gasteiger partial charge on any atom is -0.486 e. The summed E-state index contributed by atoms with van der Waals surface area (Å²) in [5.41, 5.74) is 3.09. The number of likely N-dealkylation sites (tertiary alicyclic amines) is 1. The molecular weight excluding hydrogens is 410 g/mol. The molecule has 1 amide bonds. The molecule has 31 heavy (non-hydrogen) atoms. The number of fused-ring (bicyclic) bond motifs is 1. The average molecular weight is 436 g/mol. The van der Waals surface area contributed by atoms with E-state index >= 15 is 0 Å². The number of nitrogens with zero attached hydrogens (tertiary/aromatic N) is 3. The van der Waals surface area contributed by atoms with Gasteiger partial charge in [-0.3, -0.25) is 14.6 Å². The molecule has 5 rings (SSSR count).